The lowest BCUT2D eigenvalue weighted by Crippen LogP contribution is -2.12. The Morgan fingerprint density at radius 2 is 1.79 bits per heavy atom. The highest BCUT2D eigenvalue weighted by molar-refractivity contribution is 7.16. The summed E-state index contributed by atoms with van der Waals surface area (Å²) in [6.07, 6.45) is 0.799. The van der Waals surface area contributed by atoms with Crippen molar-refractivity contribution in [2.24, 2.45) is 0 Å². The molecule has 8 heteroatoms. The number of nitrogens with zero attached hydrogens (tertiary/aromatic N) is 3. The van der Waals surface area contributed by atoms with Gasteiger partial charge in [-0.2, -0.15) is 5.10 Å². The van der Waals surface area contributed by atoms with Crippen LogP contribution < -0.4 is 14.8 Å². The van der Waals surface area contributed by atoms with Crippen LogP contribution in [-0.4, -0.2) is 34.9 Å². The summed E-state index contributed by atoms with van der Waals surface area (Å²) in [5.41, 5.74) is 5.59. The number of methoxy groups -OCH3 is 2. The summed E-state index contributed by atoms with van der Waals surface area (Å²) in [5.74, 6) is 0.928. The van der Waals surface area contributed by atoms with Crippen LogP contribution in [0.2, 0.25) is 0 Å². The van der Waals surface area contributed by atoms with Crippen molar-refractivity contribution < 1.29 is 14.3 Å². The molecule has 0 spiro atoms. The molecule has 0 atom stereocenters. The average Bonchev–Trinajstić information content (AvgIpc) is 3.34. The molecule has 2 aromatic heterocycles. The van der Waals surface area contributed by atoms with Crippen molar-refractivity contribution >= 4 is 22.9 Å². The van der Waals surface area contributed by atoms with E-state index < -0.39 is 0 Å². The van der Waals surface area contributed by atoms with E-state index in [1.165, 1.54) is 22.5 Å². The zero-order valence-electron chi connectivity index (χ0n) is 19.3. The van der Waals surface area contributed by atoms with E-state index in [9.17, 15) is 4.79 Å². The number of aryl methyl sites for hydroxylation is 2. The van der Waals surface area contributed by atoms with E-state index in [1.807, 2.05) is 43.7 Å². The smallest absolute Gasteiger partial charge is 0.267 e. The van der Waals surface area contributed by atoms with Crippen molar-refractivity contribution in [3.05, 3.63) is 81.6 Å². The van der Waals surface area contributed by atoms with Crippen LogP contribution in [0.4, 0.5) is 5.69 Å². The van der Waals surface area contributed by atoms with E-state index in [4.69, 9.17) is 14.6 Å². The molecule has 0 unspecified atom stereocenters. The number of thiazole rings is 1. The Bertz CT molecular complexity index is 1290. The second kappa shape index (κ2) is 9.46. The lowest BCUT2D eigenvalue weighted by atomic mass is 10.0. The zero-order chi connectivity index (χ0) is 23.5. The summed E-state index contributed by atoms with van der Waals surface area (Å²) in [5, 5.41) is 8.31. The molecule has 1 amide bonds. The SMILES string of the molecule is COc1ccc(NC(=O)c2sc(-n3nc(C)c(Cc4ccccc4)c3C)nc2C)c(OC)c1. The number of hydrogen-bond donors (Lipinski definition) is 1. The quantitative estimate of drug-likeness (QED) is 0.413. The molecular weight excluding hydrogens is 436 g/mol. The third-order valence-electron chi connectivity index (χ3n) is 5.49. The number of hydrogen-bond acceptors (Lipinski definition) is 6. The number of carbonyl (C=O) groups excluding carboxylic acids is 1. The Balaban J connectivity index is 1.60. The van der Waals surface area contributed by atoms with Crippen LogP contribution in [0.5, 0.6) is 11.5 Å². The van der Waals surface area contributed by atoms with E-state index in [0.29, 0.717) is 32.9 Å². The minimum atomic E-state index is -0.245. The van der Waals surface area contributed by atoms with Crippen LogP contribution in [-0.2, 0) is 6.42 Å². The van der Waals surface area contributed by atoms with Crippen LogP contribution in [0.1, 0.15) is 37.9 Å². The maximum Gasteiger partial charge on any atom is 0.267 e. The molecule has 0 aliphatic carbocycles. The normalized spacial score (nSPS) is 10.8. The number of nitrogens with one attached hydrogen (secondary N) is 1. The molecule has 4 aromatic rings. The van der Waals surface area contributed by atoms with Gasteiger partial charge in [-0.25, -0.2) is 9.67 Å². The molecular formula is C25H26N4O3S. The first-order valence-corrected chi connectivity index (χ1v) is 11.3. The van der Waals surface area contributed by atoms with Gasteiger partial charge in [0, 0.05) is 23.7 Å². The first kappa shape index (κ1) is 22.5. The fourth-order valence-corrected chi connectivity index (χ4v) is 4.65. The van der Waals surface area contributed by atoms with Gasteiger partial charge in [-0.1, -0.05) is 41.7 Å². The predicted molar refractivity (Wildman–Crippen MR) is 130 cm³/mol. The summed E-state index contributed by atoms with van der Waals surface area (Å²) >= 11 is 1.32. The molecule has 33 heavy (non-hydrogen) atoms. The summed E-state index contributed by atoms with van der Waals surface area (Å²) in [4.78, 5) is 18.2. The maximum atomic E-state index is 13.0. The standard InChI is InChI=1S/C25H26N4O3S/c1-15-20(13-18-9-7-6-8-10-18)17(3)29(28-15)25-26-16(2)23(33-25)24(30)27-21-12-11-19(31-4)14-22(21)32-5/h6-12,14H,13H2,1-5H3,(H,27,30). The molecule has 0 fully saturated rings. The van der Waals surface area contributed by atoms with E-state index in [0.717, 1.165) is 17.8 Å². The highest BCUT2D eigenvalue weighted by atomic mass is 32.1. The minimum Gasteiger partial charge on any atom is -0.497 e. The maximum absolute atomic E-state index is 13.0. The molecule has 0 radical (unpaired) electrons. The predicted octanol–water partition coefficient (Wildman–Crippen LogP) is 5.11. The van der Waals surface area contributed by atoms with E-state index in [1.54, 1.807) is 32.4 Å². The third kappa shape index (κ3) is 4.61. The van der Waals surface area contributed by atoms with Crippen LogP contribution in [0, 0.1) is 20.8 Å². The molecule has 4 rings (SSSR count). The molecule has 1 N–H and O–H groups in total. The molecule has 0 saturated carbocycles. The Morgan fingerprint density at radius 1 is 1.03 bits per heavy atom. The van der Waals surface area contributed by atoms with Gasteiger partial charge in [-0.15, -0.1) is 0 Å². The lowest BCUT2D eigenvalue weighted by molar-refractivity contribution is 0.102. The summed E-state index contributed by atoms with van der Waals surface area (Å²) in [6.45, 7) is 5.87. The van der Waals surface area contributed by atoms with E-state index >= 15 is 0 Å². The topological polar surface area (TPSA) is 78.3 Å². The number of rotatable bonds is 7. The second-order valence-corrected chi connectivity index (χ2v) is 8.63. The van der Waals surface area contributed by atoms with Gasteiger partial charge in [0.05, 0.1) is 31.3 Å². The van der Waals surface area contributed by atoms with Gasteiger partial charge < -0.3 is 14.8 Å². The van der Waals surface area contributed by atoms with Crippen molar-refractivity contribution in [3.8, 4) is 16.6 Å². The van der Waals surface area contributed by atoms with Gasteiger partial charge in [0.2, 0.25) is 5.13 Å². The molecule has 170 valence electrons. The zero-order valence-corrected chi connectivity index (χ0v) is 20.1. The number of benzene rings is 2. The highest BCUT2D eigenvalue weighted by Crippen LogP contribution is 2.31. The first-order chi connectivity index (χ1) is 15.9. The lowest BCUT2D eigenvalue weighted by Gasteiger charge is -2.11. The Labute approximate surface area is 197 Å². The summed E-state index contributed by atoms with van der Waals surface area (Å²) in [7, 11) is 3.13. The monoisotopic (exact) mass is 462 g/mol. The van der Waals surface area contributed by atoms with Crippen LogP contribution in [0.25, 0.3) is 5.13 Å². The number of amides is 1. The van der Waals surface area contributed by atoms with Gasteiger partial charge in [0.1, 0.15) is 16.4 Å². The second-order valence-electron chi connectivity index (χ2n) is 7.65. The van der Waals surface area contributed by atoms with Gasteiger partial charge in [0.15, 0.2) is 0 Å². The summed E-state index contributed by atoms with van der Waals surface area (Å²) in [6, 6.07) is 15.6. The Morgan fingerprint density at radius 3 is 2.48 bits per heavy atom. The Hall–Kier alpha value is -3.65. The number of carbonyl (C=O) groups is 1. The number of anilines is 1. The van der Waals surface area contributed by atoms with Gasteiger partial charge in [-0.05, 0) is 38.5 Å². The number of ether oxygens (including phenoxy) is 2. The summed E-state index contributed by atoms with van der Waals surface area (Å²) < 4.78 is 12.4. The molecule has 0 saturated heterocycles. The molecule has 2 aromatic carbocycles. The van der Waals surface area contributed by atoms with Gasteiger partial charge in [-0.3, -0.25) is 4.79 Å². The van der Waals surface area contributed by atoms with E-state index in [2.05, 4.69) is 22.4 Å². The van der Waals surface area contributed by atoms with Crippen molar-refractivity contribution in [1.82, 2.24) is 14.8 Å². The van der Waals surface area contributed by atoms with Gasteiger partial charge >= 0.3 is 0 Å². The van der Waals surface area contributed by atoms with E-state index in [-0.39, 0.29) is 5.91 Å². The fourth-order valence-electron chi connectivity index (χ4n) is 3.68. The molecule has 0 aliphatic rings. The van der Waals surface area contributed by atoms with Gasteiger partial charge in [0.25, 0.3) is 5.91 Å². The molecule has 0 aliphatic heterocycles. The Kier molecular flexibility index (Phi) is 6.46. The minimum absolute atomic E-state index is 0.245. The third-order valence-corrected chi connectivity index (χ3v) is 6.63. The van der Waals surface area contributed by atoms with Crippen LogP contribution in [0.3, 0.4) is 0 Å². The molecule has 0 bridgehead atoms. The molecule has 7 nitrogen and oxygen atoms in total. The first-order valence-electron chi connectivity index (χ1n) is 10.5. The number of aromatic nitrogens is 3. The van der Waals surface area contributed by atoms with Crippen molar-refractivity contribution in [2.75, 3.05) is 19.5 Å². The average molecular weight is 463 g/mol. The fraction of sp³-hybridized carbons (Fsp3) is 0.240. The van der Waals surface area contributed by atoms with Crippen molar-refractivity contribution in [2.45, 2.75) is 27.2 Å². The van der Waals surface area contributed by atoms with Crippen molar-refractivity contribution in [3.63, 3.8) is 0 Å². The van der Waals surface area contributed by atoms with Crippen molar-refractivity contribution in [1.29, 1.82) is 0 Å². The molecule has 2 heterocycles. The van der Waals surface area contributed by atoms with Crippen LogP contribution in [0.15, 0.2) is 48.5 Å². The largest absolute Gasteiger partial charge is 0.497 e. The highest BCUT2D eigenvalue weighted by Gasteiger charge is 2.21. The van der Waals surface area contributed by atoms with Crippen LogP contribution >= 0.6 is 11.3 Å².